The average molecular weight is 416 g/mol. The van der Waals surface area contributed by atoms with Gasteiger partial charge in [-0.3, -0.25) is 0 Å². The maximum Gasteiger partial charge on any atom is 1.00 e. The summed E-state index contributed by atoms with van der Waals surface area (Å²) in [7, 11) is 0. The van der Waals surface area contributed by atoms with Gasteiger partial charge >= 0.3 is 25.2 Å². The van der Waals surface area contributed by atoms with Crippen molar-refractivity contribution in [3.63, 3.8) is 0 Å². The van der Waals surface area contributed by atoms with Gasteiger partial charge in [0.25, 0.3) is 0 Å². The minimum Gasteiger partial charge on any atom is -0.459 e. The molecule has 2 nitrogen and oxygen atoms in total. The molecule has 1 aliphatic rings. The van der Waals surface area contributed by atoms with Gasteiger partial charge in [0, 0.05) is 0 Å². The van der Waals surface area contributed by atoms with Gasteiger partial charge in [-0.25, -0.2) is 0 Å². The Morgan fingerprint density at radius 2 is 1.79 bits per heavy atom. The van der Waals surface area contributed by atoms with E-state index in [2.05, 4.69) is 15.5 Å². The molecule has 70 valence electrons. The summed E-state index contributed by atoms with van der Waals surface area (Å²) < 4.78 is 34.9. The first-order valence-corrected chi connectivity index (χ1v) is 5.31. The molecule has 0 aromatic heterocycles. The van der Waals surface area contributed by atoms with E-state index in [9.17, 15) is 8.78 Å². The van der Waals surface area contributed by atoms with Gasteiger partial charge in [-0.1, -0.05) is 29.7 Å². The number of ether oxygens (including phenoxy) is 2. The van der Waals surface area contributed by atoms with Crippen LogP contribution in [-0.2, 0) is 0 Å². The van der Waals surface area contributed by atoms with Crippen LogP contribution in [0.5, 0.6) is 11.5 Å². The first-order valence-electron chi connectivity index (χ1n) is 3.15. The van der Waals surface area contributed by atoms with Gasteiger partial charge < -0.3 is 9.47 Å². The SMILES string of the molecule is FC1(F)Oc2c(I)[c-]cc(I)c2O1.[Li+]. The molecule has 0 N–H and O–H groups in total. The van der Waals surface area contributed by atoms with E-state index < -0.39 is 6.29 Å². The van der Waals surface area contributed by atoms with E-state index in [1.165, 1.54) is 0 Å². The predicted octanol–water partition coefficient (Wildman–Crippen LogP) is 0.0215. The van der Waals surface area contributed by atoms with Crippen molar-refractivity contribution in [1.82, 2.24) is 0 Å². The number of fused-ring (bicyclic) bond motifs is 1. The van der Waals surface area contributed by atoms with Gasteiger partial charge in [-0.2, -0.15) is 12.1 Å². The van der Waals surface area contributed by atoms with Crippen LogP contribution in [0.15, 0.2) is 6.07 Å². The minimum atomic E-state index is -3.54. The smallest absolute Gasteiger partial charge is 0.459 e. The quantitative estimate of drug-likeness (QED) is 0.338. The van der Waals surface area contributed by atoms with E-state index in [-0.39, 0.29) is 30.4 Å². The molecule has 0 spiro atoms. The fourth-order valence-electron chi connectivity index (χ4n) is 0.911. The van der Waals surface area contributed by atoms with Crippen molar-refractivity contribution >= 4 is 45.2 Å². The van der Waals surface area contributed by atoms with Crippen LogP contribution in [0, 0.1) is 13.2 Å². The molecule has 0 aliphatic carbocycles. The van der Waals surface area contributed by atoms with Crippen molar-refractivity contribution in [3.8, 4) is 11.5 Å². The summed E-state index contributed by atoms with van der Waals surface area (Å²) in [4.78, 5) is 0. The summed E-state index contributed by atoms with van der Waals surface area (Å²) in [5, 5.41) is 0. The molecule has 14 heavy (non-hydrogen) atoms. The summed E-state index contributed by atoms with van der Waals surface area (Å²) in [5.74, 6) is 0.159. The summed E-state index contributed by atoms with van der Waals surface area (Å²) in [6, 6.07) is 4.35. The summed E-state index contributed by atoms with van der Waals surface area (Å²) in [6.07, 6.45) is -3.54. The molecule has 0 atom stereocenters. The van der Waals surface area contributed by atoms with Crippen molar-refractivity contribution in [2.24, 2.45) is 0 Å². The Morgan fingerprint density at radius 3 is 2.36 bits per heavy atom. The third-order valence-electron chi connectivity index (χ3n) is 1.39. The van der Waals surface area contributed by atoms with Crippen molar-refractivity contribution < 1.29 is 37.1 Å². The molecular formula is C7HF2I2LiO2. The molecule has 2 rings (SSSR count). The molecule has 0 amide bonds. The summed E-state index contributed by atoms with van der Waals surface area (Å²) >= 11 is 3.75. The minimum absolute atomic E-state index is 0. The molecule has 0 saturated heterocycles. The van der Waals surface area contributed by atoms with Crippen LogP contribution in [-0.4, -0.2) is 6.29 Å². The predicted molar refractivity (Wildman–Crippen MR) is 56.9 cm³/mol. The molecule has 0 bridgehead atoms. The van der Waals surface area contributed by atoms with Crippen LogP contribution in [0.2, 0.25) is 0 Å². The molecule has 0 saturated carbocycles. The Balaban J connectivity index is 0.000000980. The van der Waals surface area contributed by atoms with Crippen LogP contribution in [0.1, 0.15) is 0 Å². The molecule has 0 unspecified atom stereocenters. The first kappa shape index (κ1) is 12.8. The average Bonchev–Trinajstić information content (AvgIpc) is 2.35. The van der Waals surface area contributed by atoms with Crippen LogP contribution < -0.4 is 28.3 Å². The number of rotatable bonds is 0. The Morgan fingerprint density at radius 1 is 1.21 bits per heavy atom. The van der Waals surface area contributed by atoms with Crippen LogP contribution in [0.25, 0.3) is 0 Å². The normalized spacial score (nSPS) is 16.3. The number of halogens is 4. The van der Waals surface area contributed by atoms with Gasteiger partial charge in [0.15, 0.2) is 0 Å². The number of benzene rings is 1. The number of hydrogen-bond acceptors (Lipinski definition) is 2. The topological polar surface area (TPSA) is 18.5 Å². The van der Waals surface area contributed by atoms with E-state index in [4.69, 9.17) is 0 Å². The van der Waals surface area contributed by atoms with Gasteiger partial charge in [0.05, 0.1) is 11.5 Å². The standard InChI is InChI=1S/C7HF2I2O2.Li/c8-7(9)12-5-3(10)1-2-4(11)6(5)13-7;/h1H;/q-1;+1. The largest absolute Gasteiger partial charge is 1.00 e. The molecule has 1 heterocycles. The number of hydrogen-bond donors (Lipinski definition) is 0. The zero-order valence-corrected chi connectivity index (χ0v) is 11.2. The molecule has 1 aliphatic heterocycles. The van der Waals surface area contributed by atoms with Gasteiger partial charge in [-0.15, -0.1) is 31.4 Å². The molecule has 0 fully saturated rings. The van der Waals surface area contributed by atoms with Crippen LogP contribution in [0.3, 0.4) is 0 Å². The van der Waals surface area contributed by atoms with E-state index in [1.54, 1.807) is 6.07 Å². The van der Waals surface area contributed by atoms with Crippen molar-refractivity contribution in [1.29, 1.82) is 0 Å². The molecule has 1 aromatic rings. The van der Waals surface area contributed by atoms with Crippen molar-refractivity contribution in [2.75, 3.05) is 0 Å². The maximum atomic E-state index is 12.6. The monoisotopic (exact) mass is 416 g/mol. The molecular weight excluding hydrogens is 415 g/mol. The fourth-order valence-corrected chi connectivity index (χ4v) is 1.93. The van der Waals surface area contributed by atoms with E-state index in [0.29, 0.717) is 7.14 Å². The zero-order chi connectivity index (χ0) is 9.64. The Bertz CT molecular complexity index is 340. The zero-order valence-electron chi connectivity index (χ0n) is 6.91. The van der Waals surface area contributed by atoms with Crippen LogP contribution >= 0.6 is 45.2 Å². The van der Waals surface area contributed by atoms with Crippen molar-refractivity contribution in [2.45, 2.75) is 6.29 Å². The maximum absolute atomic E-state index is 12.6. The molecule has 7 heteroatoms. The van der Waals surface area contributed by atoms with Gasteiger partial charge in [-0.05, 0) is 0 Å². The van der Waals surface area contributed by atoms with E-state index in [1.807, 2.05) is 45.2 Å². The third-order valence-corrected chi connectivity index (χ3v) is 2.99. The second-order valence-electron chi connectivity index (χ2n) is 2.28. The Hall–Kier alpha value is 0.737. The summed E-state index contributed by atoms with van der Waals surface area (Å²) in [6.45, 7) is 0. The first-order chi connectivity index (χ1) is 5.99. The van der Waals surface area contributed by atoms with E-state index >= 15 is 0 Å². The van der Waals surface area contributed by atoms with Gasteiger partial charge in [0.2, 0.25) is 0 Å². The van der Waals surface area contributed by atoms with E-state index in [0.717, 1.165) is 0 Å². The molecule has 1 aromatic carbocycles. The second kappa shape index (κ2) is 4.31. The fraction of sp³-hybridized carbons (Fsp3) is 0.143. The van der Waals surface area contributed by atoms with Gasteiger partial charge in [0.1, 0.15) is 0 Å². The van der Waals surface area contributed by atoms with Crippen molar-refractivity contribution in [3.05, 3.63) is 19.3 Å². The second-order valence-corrected chi connectivity index (χ2v) is 4.52. The van der Waals surface area contributed by atoms with Crippen LogP contribution in [0.4, 0.5) is 8.78 Å². The summed E-state index contributed by atoms with van der Waals surface area (Å²) in [5.41, 5.74) is 0. The number of alkyl halides is 2. The Kier molecular flexibility index (Phi) is 3.94. The third kappa shape index (κ3) is 2.28. The Labute approximate surface area is 118 Å². The molecule has 0 radical (unpaired) electrons.